The van der Waals surface area contributed by atoms with Crippen LogP contribution in [0, 0.1) is 10.1 Å². The molecule has 0 radical (unpaired) electrons. The number of nitro benzene ring substituents is 1. The Morgan fingerprint density at radius 2 is 1.97 bits per heavy atom. The number of anilines is 1. The molecule has 0 amide bonds. The van der Waals surface area contributed by atoms with Crippen molar-refractivity contribution in [3.05, 3.63) is 81.6 Å². The van der Waals surface area contributed by atoms with Gasteiger partial charge in [0.15, 0.2) is 5.52 Å². The number of aliphatic hydroxyl groups is 1. The fraction of sp³-hybridized carbons (Fsp3) is 0.227. The number of nitro groups is 1. The molecule has 1 heterocycles. The fourth-order valence-electron chi connectivity index (χ4n) is 3.47. The first-order chi connectivity index (χ1) is 13.8. The lowest BCUT2D eigenvalue weighted by molar-refractivity contribution is -0.383. The molecule has 0 saturated carbocycles. The van der Waals surface area contributed by atoms with Crippen LogP contribution in [-0.2, 0) is 6.54 Å². The molecule has 2 aromatic carbocycles. The van der Waals surface area contributed by atoms with E-state index in [2.05, 4.69) is 16.9 Å². The van der Waals surface area contributed by atoms with Crippen molar-refractivity contribution in [2.24, 2.45) is 0 Å². The van der Waals surface area contributed by atoms with Gasteiger partial charge in [-0.15, -0.1) is 0 Å². The molecule has 0 atom stereocenters. The van der Waals surface area contributed by atoms with Crippen LogP contribution in [0.1, 0.15) is 31.9 Å². The highest BCUT2D eigenvalue weighted by Crippen LogP contribution is 2.35. The summed E-state index contributed by atoms with van der Waals surface area (Å²) >= 11 is 0. The summed E-state index contributed by atoms with van der Waals surface area (Å²) in [5, 5.41) is 25.1. The first kappa shape index (κ1) is 20.1. The van der Waals surface area contributed by atoms with E-state index in [0.717, 1.165) is 5.56 Å². The van der Waals surface area contributed by atoms with Crippen molar-refractivity contribution in [2.45, 2.75) is 27.3 Å². The largest absolute Gasteiger partial charge is 0.512 e. The summed E-state index contributed by atoms with van der Waals surface area (Å²) in [6.45, 7) is 10.3. The Labute approximate surface area is 169 Å². The third-order valence-corrected chi connectivity index (χ3v) is 4.63. The molecule has 3 rings (SSSR count). The van der Waals surface area contributed by atoms with Gasteiger partial charge >= 0.3 is 0 Å². The number of aromatic nitrogens is 2. The maximum absolute atomic E-state index is 11.8. The van der Waals surface area contributed by atoms with Gasteiger partial charge in [0.25, 0.3) is 5.69 Å². The minimum atomic E-state index is -0.440. The summed E-state index contributed by atoms with van der Waals surface area (Å²) in [5.74, 6) is 0.625. The molecule has 0 fully saturated rings. The zero-order chi connectivity index (χ0) is 21.1. The minimum absolute atomic E-state index is 0.0622. The zero-order valence-electron chi connectivity index (χ0n) is 16.8. The Hall–Kier alpha value is -3.61. The first-order valence-electron chi connectivity index (χ1n) is 9.36. The van der Waals surface area contributed by atoms with Crippen molar-refractivity contribution in [2.75, 3.05) is 11.9 Å². The molecule has 0 aliphatic carbocycles. The van der Waals surface area contributed by atoms with E-state index in [1.165, 1.54) is 6.07 Å². The Kier molecular flexibility index (Phi) is 5.68. The maximum Gasteiger partial charge on any atom is 0.297 e. The fourth-order valence-corrected chi connectivity index (χ4v) is 3.47. The van der Waals surface area contributed by atoms with E-state index in [1.807, 2.05) is 47.9 Å². The van der Waals surface area contributed by atoms with E-state index >= 15 is 0 Å². The lowest BCUT2D eigenvalue weighted by atomic mass is 9.97. The van der Waals surface area contributed by atoms with Crippen LogP contribution in [0.2, 0.25) is 0 Å². The van der Waals surface area contributed by atoms with Gasteiger partial charge in [-0.2, -0.15) is 0 Å². The summed E-state index contributed by atoms with van der Waals surface area (Å²) < 4.78 is 1.92. The lowest BCUT2D eigenvalue weighted by Gasteiger charge is -2.12. The quantitative estimate of drug-likeness (QED) is 0.247. The van der Waals surface area contributed by atoms with Gasteiger partial charge in [0.05, 0.1) is 22.7 Å². The molecule has 0 unspecified atom stereocenters. The SMILES string of the molecule is C=C(C)/C(=C(/C)O)c1cc([N+](=O)[O-])c2nc(NCC)n(Cc3ccccc3)c2c1. The molecular weight excluding hydrogens is 368 g/mol. The van der Waals surface area contributed by atoms with Crippen LogP contribution in [0.5, 0.6) is 0 Å². The van der Waals surface area contributed by atoms with Crippen molar-refractivity contribution < 1.29 is 10.0 Å². The van der Waals surface area contributed by atoms with Gasteiger partial charge in [0.1, 0.15) is 0 Å². The second kappa shape index (κ2) is 8.18. The summed E-state index contributed by atoms with van der Waals surface area (Å²) in [6.07, 6.45) is 0. The first-order valence-corrected chi connectivity index (χ1v) is 9.36. The predicted molar refractivity (Wildman–Crippen MR) is 116 cm³/mol. The Bertz CT molecular complexity index is 1110. The molecule has 1 aromatic heterocycles. The Balaban J connectivity index is 2.33. The smallest absolute Gasteiger partial charge is 0.297 e. The molecule has 7 heteroatoms. The average Bonchev–Trinajstić information content (AvgIpc) is 2.99. The molecule has 150 valence electrons. The third-order valence-electron chi connectivity index (χ3n) is 4.63. The second-order valence-corrected chi connectivity index (χ2v) is 6.90. The van der Waals surface area contributed by atoms with E-state index in [0.29, 0.717) is 46.8 Å². The van der Waals surface area contributed by atoms with Crippen LogP contribution in [0.3, 0.4) is 0 Å². The van der Waals surface area contributed by atoms with Crippen molar-refractivity contribution in [3.8, 4) is 0 Å². The summed E-state index contributed by atoms with van der Waals surface area (Å²) in [4.78, 5) is 15.9. The molecule has 0 bridgehead atoms. The van der Waals surface area contributed by atoms with Crippen molar-refractivity contribution in [1.29, 1.82) is 0 Å². The van der Waals surface area contributed by atoms with Gasteiger partial charge in [-0.25, -0.2) is 4.98 Å². The van der Waals surface area contributed by atoms with Crippen molar-refractivity contribution in [3.63, 3.8) is 0 Å². The highest BCUT2D eigenvalue weighted by Gasteiger charge is 2.23. The molecule has 0 saturated heterocycles. The van der Waals surface area contributed by atoms with Gasteiger partial charge < -0.3 is 15.0 Å². The second-order valence-electron chi connectivity index (χ2n) is 6.90. The molecule has 3 aromatic rings. The predicted octanol–water partition coefficient (Wildman–Crippen LogP) is 5.29. The van der Waals surface area contributed by atoms with E-state index in [9.17, 15) is 15.2 Å². The van der Waals surface area contributed by atoms with Gasteiger partial charge in [-0.1, -0.05) is 36.9 Å². The number of allylic oxidation sites excluding steroid dienone is 3. The number of non-ortho nitro benzene ring substituents is 1. The lowest BCUT2D eigenvalue weighted by Crippen LogP contribution is -2.08. The van der Waals surface area contributed by atoms with Crippen LogP contribution in [-0.4, -0.2) is 26.1 Å². The summed E-state index contributed by atoms with van der Waals surface area (Å²) in [5.41, 5.74) is 3.52. The molecule has 29 heavy (non-hydrogen) atoms. The number of imidazole rings is 1. The van der Waals surface area contributed by atoms with E-state index in [-0.39, 0.29) is 11.4 Å². The van der Waals surface area contributed by atoms with Crippen molar-refractivity contribution in [1.82, 2.24) is 9.55 Å². The van der Waals surface area contributed by atoms with Crippen LogP contribution in [0.15, 0.2) is 60.4 Å². The van der Waals surface area contributed by atoms with Crippen LogP contribution in [0.4, 0.5) is 11.6 Å². The van der Waals surface area contributed by atoms with Crippen LogP contribution < -0.4 is 5.32 Å². The normalized spacial score (nSPS) is 12.0. The highest BCUT2D eigenvalue weighted by molar-refractivity contribution is 5.93. The third kappa shape index (κ3) is 3.99. The Morgan fingerprint density at radius 3 is 2.52 bits per heavy atom. The number of hydrogen-bond acceptors (Lipinski definition) is 5. The number of aliphatic hydroxyl groups excluding tert-OH is 1. The molecule has 0 spiro atoms. The highest BCUT2D eigenvalue weighted by atomic mass is 16.6. The number of nitrogens with zero attached hydrogens (tertiary/aromatic N) is 3. The molecule has 0 aliphatic rings. The number of benzene rings is 2. The van der Waals surface area contributed by atoms with Gasteiger partial charge in [-0.3, -0.25) is 10.1 Å². The molecule has 7 nitrogen and oxygen atoms in total. The monoisotopic (exact) mass is 392 g/mol. The number of hydrogen-bond donors (Lipinski definition) is 2. The number of rotatable bonds is 7. The average molecular weight is 392 g/mol. The summed E-state index contributed by atoms with van der Waals surface area (Å²) in [6, 6.07) is 13.1. The molecule has 0 aliphatic heterocycles. The topological polar surface area (TPSA) is 93.2 Å². The van der Waals surface area contributed by atoms with Gasteiger partial charge in [0, 0.05) is 18.2 Å². The van der Waals surface area contributed by atoms with E-state index < -0.39 is 4.92 Å². The van der Waals surface area contributed by atoms with Gasteiger partial charge in [0.2, 0.25) is 5.95 Å². The zero-order valence-corrected chi connectivity index (χ0v) is 16.8. The van der Waals surface area contributed by atoms with Gasteiger partial charge in [-0.05, 0) is 43.5 Å². The molecular formula is C22H24N4O3. The maximum atomic E-state index is 11.8. The Morgan fingerprint density at radius 1 is 1.28 bits per heavy atom. The summed E-state index contributed by atoms with van der Waals surface area (Å²) in [7, 11) is 0. The minimum Gasteiger partial charge on any atom is -0.512 e. The number of nitrogens with one attached hydrogen (secondary N) is 1. The van der Waals surface area contributed by atoms with E-state index in [1.54, 1.807) is 13.8 Å². The van der Waals surface area contributed by atoms with Crippen molar-refractivity contribution >= 4 is 28.2 Å². The van der Waals surface area contributed by atoms with E-state index in [4.69, 9.17) is 0 Å². The number of fused-ring (bicyclic) bond motifs is 1. The van der Waals surface area contributed by atoms with Crippen LogP contribution in [0.25, 0.3) is 16.6 Å². The van der Waals surface area contributed by atoms with Crippen LogP contribution >= 0.6 is 0 Å². The molecule has 2 N–H and O–H groups in total. The standard InChI is InChI=1S/C22H24N4O3/c1-5-23-22-24-21-18(25(22)13-16-9-7-6-8-10-16)11-17(12-19(21)26(28)29)20(14(2)3)15(4)27/h6-12,27H,2,5,13H2,1,3-4H3,(H,23,24)/b20-15+.